The third-order valence-corrected chi connectivity index (χ3v) is 9.69. The van der Waals surface area contributed by atoms with E-state index in [2.05, 4.69) is 59.8 Å². The van der Waals surface area contributed by atoms with Gasteiger partial charge < -0.3 is 0 Å². The Morgan fingerprint density at radius 2 is 0.317 bits per heavy atom. The zero-order valence-electron chi connectivity index (χ0n) is 33.0. The minimum atomic E-state index is 0.394. The van der Waals surface area contributed by atoms with Crippen molar-refractivity contribution in [2.75, 3.05) is 0 Å². The smallest absolute Gasteiger partial charge is 0.125 e. The molecule has 0 spiro atoms. The first-order valence-electron chi connectivity index (χ1n) is 18.7. The zero-order valence-corrected chi connectivity index (χ0v) is 33.0. The molecule has 0 N–H and O–H groups in total. The van der Waals surface area contributed by atoms with Gasteiger partial charge in [0.05, 0.1) is 0 Å². The monoisotopic (exact) mass is 786 g/mol. The molecule has 0 radical (unpaired) electrons. The zero-order chi connectivity index (χ0) is 41.1. The molecule has 0 bridgehead atoms. The summed E-state index contributed by atoms with van der Waals surface area (Å²) in [6.45, 7) is 10.9. The predicted molar refractivity (Wildman–Crippen MR) is 220 cm³/mol. The van der Waals surface area contributed by atoms with Gasteiger partial charge >= 0.3 is 0 Å². The van der Waals surface area contributed by atoms with Gasteiger partial charge in [0.2, 0.25) is 0 Å². The molecule has 0 amide bonds. The molecule has 0 aliphatic heterocycles. The van der Waals surface area contributed by atoms with Gasteiger partial charge in [-0.15, -0.1) is 0 Å². The molecule has 18 heteroatoms. The van der Waals surface area contributed by atoms with E-state index >= 15 is 0 Å². The molecule has 0 aliphatic rings. The molecule has 10 rings (SSSR count). The molecule has 9 aromatic heterocycles. The molecular weight excluding hydrogens is 757 g/mol. The van der Waals surface area contributed by atoms with Crippen molar-refractivity contribution in [2.45, 2.75) is 41.5 Å². The van der Waals surface area contributed by atoms with E-state index < -0.39 is 0 Å². The molecule has 18 nitrogen and oxygen atoms in total. The third kappa shape index (κ3) is 6.41. The Morgan fingerprint density at radius 3 is 0.433 bits per heavy atom. The second kappa shape index (κ2) is 14.3. The number of nitrogens with zero attached hydrogens (tertiary/aromatic N) is 18. The van der Waals surface area contributed by atoms with Crippen molar-refractivity contribution in [1.29, 1.82) is 0 Å². The van der Waals surface area contributed by atoms with E-state index in [-0.39, 0.29) is 0 Å². The van der Waals surface area contributed by atoms with Crippen molar-refractivity contribution in [3.8, 4) is 67.5 Å². The highest BCUT2D eigenvalue weighted by Gasteiger charge is 2.26. The Balaban J connectivity index is 1.41. The molecule has 1 aromatic carbocycles. The lowest BCUT2D eigenvalue weighted by Crippen LogP contribution is -2.06. The van der Waals surface area contributed by atoms with Crippen LogP contribution in [0, 0.1) is 41.5 Å². The van der Waals surface area contributed by atoms with Gasteiger partial charge in [0, 0.05) is 108 Å². The van der Waals surface area contributed by atoms with Crippen LogP contribution in [0.15, 0.2) is 74.4 Å². The van der Waals surface area contributed by atoms with Crippen molar-refractivity contribution >= 4 is 33.1 Å². The molecule has 0 unspecified atom stereocenters. The first-order chi connectivity index (χ1) is 29.2. The van der Waals surface area contributed by atoms with Crippen LogP contribution in [0.3, 0.4) is 0 Å². The maximum atomic E-state index is 5.35. The standard InChI is InChI=1S/C42H30N18/c1-19-43-7-25(8-44-19)31-32(26-9-45-20(2)46-10-26)56-38-37(55-31)39-41(59-34(28-13-49-22(4)50-14-28)33(57-39)27-11-47-21(3)48-12-27)42-40(38)58-35(29-15-51-23(5)52-16-29)36(60-42)30-17-53-24(6)54-18-30/h7-18H,1-6H3. The lowest BCUT2D eigenvalue weighted by Gasteiger charge is -2.17. The van der Waals surface area contributed by atoms with Gasteiger partial charge in [-0.25, -0.2) is 89.7 Å². The normalized spacial score (nSPS) is 11.5. The number of hydrogen-bond acceptors (Lipinski definition) is 18. The highest BCUT2D eigenvalue weighted by molar-refractivity contribution is 6.20. The summed E-state index contributed by atoms with van der Waals surface area (Å²) in [5.74, 6) is 3.61. The van der Waals surface area contributed by atoms with E-state index in [0.717, 1.165) is 0 Å². The molecule has 0 aliphatic carbocycles. The summed E-state index contributed by atoms with van der Waals surface area (Å²) in [6.07, 6.45) is 20.5. The molecule has 9 heterocycles. The molecular formula is C42H30N18. The van der Waals surface area contributed by atoms with E-state index in [9.17, 15) is 0 Å². The van der Waals surface area contributed by atoms with Crippen LogP contribution in [0.2, 0.25) is 0 Å². The highest BCUT2D eigenvalue weighted by Crippen LogP contribution is 2.40. The number of aryl methyl sites for hydroxylation is 6. The summed E-state index contributed by atoms with van der Waals surface area (Å²) in [4.78, 5) is 86.1. The maximum Gasteiger partial charge on any atom is 0.125 e. The minimum absolute atomic E-state index is 0.394. The quantitative estimate of drug-likeness (QED) is 0.173. The van der Waals surface area contributed by atoms with Crippen molar-refractivity contribution in [3.63, 3.8) is 0 Å². The Bertz CT molecular complexity index is 2670. The SMILES string of the molecule is Cc1ncc(-c2nc3c4nc(-c5cnc(C)nc5)c(-c5cnc(C)nc5)nc4c4nc(-c5cnc(C)nc5)c(-c5cnc(C)nc5)nc4c3nc2-c2cnc(C)nc2)cn1. The van der Waals surface area contributed by atoms with Crippen molar-refractivity contribution in [1.82, 2.24) is 89.7 Å². The van der Waals surface area contributed by atoms with E-state index in [4.69, 9.17) is 29.9 Å². The Labute approximate surface area is 340 Å². The Kier molecular flexibility index (Phi) is 8.59. The summed E-state index contributed by atoms with van der Waals surface area (Å²) in [5.41, 5.74) is 8.91. The predicted octanol–water partition coefficient (Wildman–Crippen LogP) is 6.11. The van der Waals surface area contributed by atoms with E-state index in [0.29, 0.717) is 136 Å². The fourth-order valence-electron chi connectivity index (χ4n) is 6.59. The lowest BCUT2D eigenvalue weighted by molar-refractivity contribution is 1.04. The molecule has 0 fully saturated rings. The lowest BCUT2D eigenvalue weighted by atomic mass is 10.0. The van der Waals surface area contributed by atoms with Gasteiger partial charge in [0.25, 0.3) is 0 Å². The van der Waals surface area contributed by atoms with Crippen LogP contribution < -0.4 is 0 Å². The summed E-state index contributed by atoms with van der Waals surface area (Å²) < 4.78 is 0. The van der Waals surface area contributed by atoms with Crippen LogP contribution in [-0.2, 0) is 0 Å². The first-order valence-corrected chi connectivity index (χ1v) is 18.7. The molecule has 288 valence electrons. The summed E-state index contributed by atoms with van der Waals surface area (Å²) in [5, 5.41) is 0. The van der Waals surface area contributed by atoms with Gasteiger partial charge in [-0.3, -0.25) is 0 Å². The van der Waals surface area contributed by atoms with Crippen LogP contribution in [0.4, 0.5) is 0 Å². The third-order valence-electron chi connectivity index (χ3n) is 9.69. The van der Waals surface area contributed by atoms with Crippen LogP contribution in [0.1, 0.15) is 34.9 Å². The first kappa shape index (κ1) is 36.1. The van der Waals surface area contributed by atoms with Crippen molar-refractivity contribution in [2.24, 2.45) is 0 Å². The van der Waals surface area contributed by atoms with Crippen LogP contribution in [0.5, 0.6) is 0 Å². The number of benzene rings is 1. The molecule has 0 saturated heterocycles. The molecule has 0 atom stereocenters. The van der Waals surface area contributed by atoms with E-state index in [1.165, 1.54) is 0 Å². The van der Waals surface area contributed by atoms with Crippen LogP contribution >= 0.6 is 0 Å². The van der Waals surface area contributed by atoms with Gasteiger partial charge in [-0.2, -0.15) is 0 Å². The summed E-state index contributed by atoms with van der Waals surface area (Å²) in [7, 11) is 0. The van der Waals surface area contributed by atoms with Gasteiger partial charge in [-0.1, -0.05) is 0 Å². The summed E-state index contributed by atoms with van der Waals surface area (Å²) in [6, 6.07) is 0. The number of aromatic nitrogens is 18. The molecule has 60 heavy (non-hydrogen) atoms. The second-order valence-corrected chi connectivity index (χ2v) is 14.0. The largest absolute Gasteiger partial charge is 0.241 e. The van der Waals surface area contributed by atoms with Crippen molar-refractivity contribution < 1.29 is 0 Å². The van der Waals surface area contributed by atoms with Gasteiger partial charge in [0.15, 0.2) is 0 Å². The van der Waals surface area contributed by atoms with Crippen LogP contribution in [0.25, 0.3) is 101 Å². The average molecular weight is 787 g/mol. The second-order valence-electron chi connectivity index (χ2n) is 14.0. The fourth-order valence-corrected chi connectivity index (χ4v) is 6.59. The Hall–Kier alpha value is -8.28. The number of fused-ring (bicyclic) bond motifs is 6. The number of hydrogen-bond donors (Lipinski definition) is 0. The highest BCUT2D eigenvalue weighted by atomic mass is 15.0. The average Bonchev–Trinajstić information content (AvgIpc) is 3.27. The van der Waals surface area contributed by atoms with Crippen molar-refractivity contribution in [3.05, 3.63) is 109 Å². The summed E-state index contributed by atoms with van der Waals surface area (Å²) >= 11 is 0. The minimum Gasteiger partial charge on any atom is -0.241 e. The number of rotatable bonds is 6. The molecule has 10 aromatic rings. The Morgan fingerprint density at radius 1 is 0.200 bits per heavy atom. The van der Waals surface area contributed by atoms with Gasteiger partial charge in [0.1, 0.15) is 102 Å². The van der Waals surface area contributed by atoms with Gasteiger partial charge in [-0.05, 0) is 41.5 Å². The van der Waals surface area contributed by atoms with E-state index in [1.54, 1.807) is 74.4 Å². The van der Waals surface area contributed by atoms with Crippen LogP contribution in [-0.4, -0.2) is 89.7 Å². The maximum absolute atomic E-state index is 5.35. The fraction of sp³-hybridized carbons (Fsp3) is 0.143. The van der Waals surface area contributed by atoms with E-state index in [1.807, 2.05) is 41.5 Å². The topological polar surface area (TPSA) is 232 Å². The molecule has 0 saturated carbocycles.